The van der Waals surface area contributed by atoms with Crippen molar-refractivity contribution in [2.24, 2.45) is 0 Å². The van der Waals surface area contributed by atoms with Crippen LogP contribution in [-0.4, -0.2) is 85.1 Å². The lowest BCUT2D eigenvalue weighted by molar-refractivity contribution is -0.133. The van der Waals surface area contributed by atoms with Crippen LogP contribution < -0.4 is 4.31 Å². The molecule has 0 N–H and O–H groups in total. The van der Waals surface area contributed by atoms with Gasteiger partial charge in [0.05, 0.1) is 30.1 Å². The molecule has 1 aliphatic rings. The first-order valence-corrected chi connectivity index (χ1v) is 11.2. The van der Waals surface area contributed by atoms with Gasteiger partial charge in [0.25, 0.3) is 0 Å². The third-order valence-corrected chi connectivity index (χ3v) is 6.92. The van der Waals surface area contributed by atoms with Crippen LogP contribution in [0.3, 0.4) is 0 Å². The van der Waals surface area contributed by atoms with Gasteiger partial charge < -0.3 is 9.64 Å². The minimum atomic E-state index is -3.72. The molecule has 0 radical (unpaired) electrons. The summed E-state index contributed by atoms with van der Waals surface area (Å²) in [6.07, 6.45) is 1.00. The van der Waals surface area contributed by atoms with Crippen LogP contribution in [0.25, 0.3) is 0 Å². The van der Waals surface area contributed by atoms with Crippen molar-refractivity contribution in [3.63, 3.8) is 0 Å². The van der Waals surface area contributed by atoms with Crippen molar-refractivity contribution in [2.45, 2.75) is 4.90 Å². The molecule has 0 atom stereocenters. The maximum atomic E-state index is 12.4. The topological polar surface area (TPSA) is 104 Å². The molecule has 1 aromatic carbocycles. The first kappa shape index (κ1) is 20.6. The number of rotatable bonds is 6. The summed E-state index contributed by atoms with van der Waals surface area (Å²) in [5, 5.41) is 0. The monoisotopic (exact) mass is 405 g/mol. The molecule has 2 rings (SSSR count). The van der Waals surface area contributed by atoms with Gasteiger partial charge in [0, 0.05) is 27.2 Å². The predicted octanol–water partition coefficient (Wildman–Crippen LogP) is -0.438. The van der Waals surface area contributed by atoms with Gasteiger partial charge in [0.1, 0.15) is 6.54 Å². The second-order valence-corrected chi connectivity index (χ2v) is 10.1. The minimum absolute atomic E-state index is 0.0409. The van der Waals surface area contributed by atoms with E-state index in [-0.39, 0.29) is 23.0 Å². The standard InChI is InChI=1S/C15H23N3O6S2/c1-16(2)26(22,23)14-6-4-13(5-7-14)18(25(3,20)21)12-15(19)17-8-10-24-11-9-17/h4-7H,8-12H2,1-3H3. The lowest BCUT2D eigenvalue weighted by Gasteiger charge is -2.30. The first-order valence-electron chi connectivity index (χ1n) is 7.89. The van der Waals surface area contributed by atoms with Gasteiger partial charge >= 0.3 is 0 Å². The normalized spacial score (nSPS) is 15.9. The Morgan fingerprint density at radius 1 is 1.08 bits per heavy atom. The van der Waals surface area contributed by atoms with E-state index in [9.17, 15) is 21.6 Å². The summed E-state index contributed by atoms with van der Waals surface area (Å²) in [6.45, 7) is 1.31. The van der Waals surface area contributed by atoms with Crippen LogP contribution in [0, 0.1) is 0 Å². The summed E-state index contributed by atoms with van der Waals surface area (Å²) >= 11 is 0. The Labute approximate surface area is 154 Å². The minimum Gasteiger partial charge on any atom is -0.378 e. The van der Waals surface area contributed by atoms with Crippen LogP contribution in [0.5, 0.6) is 0 Å². The van der Waals surface area contributed by atoms with E-state index in [0.717, 1.165) is 14.9 Å². The van der Waals surface area contributed by atoms with Gasteiger partial charge in [-0.1, -0.05) is 0 Å². The molecule has 0 aliphatic carbocycles. The van der Waals surface area contributed by atoms with Crippen molar-refractivity contribution in [2.75, 3.05) is 57.5 Å². The van der Waals surface area contributed by atoms with Crippen molar-refractivity contribution >= 4 is 31.6 Å². The number of amides is 1. The fourth-order valence-corrected chi connectivity index (χ4v) is 4.18. The van der Waals surface area contributed by atoms with Crippen molar-refractivity contribution in [3.8, 4) is 0 Å². The van der Waals surface area contributed by atoms with Gasteiger partial charge in [-0.3, -0.25) is 9.10 Å². The largest absolute Gasteiger partial charge is 0.378 e. The molecule has 0 unspecified atom stereocenters. The van der Waals surface area contributed by atoms with Crippen LogP contribution in [0.1, 0.15) is 0 Å². The highest BCUT2D eigenvalue weighted by molar-refractivity contribution is 7.92. The van der Waals surface area contributed by atoms with Crippen LogP contribution in [0.15, 0.2) is 29.2 Å². The highest BCUT2D eigenvalue weighted by Crippen LogP contribution is 2.22. The highest BCUT2D eigenvalue weighted by atomic mass is 32.2. The highest BCUT2D eigenvalue weighted by Gasteiger charge is 2.26. The quantitative estimate of drug-likeness (QED) is 0.636. The third-order valence-electron chi connectivity index (χ3n) is 3.95. The maximum Gasteiger partial charge on any atom is 0.243 e. The van der Waals surface area contributed by atoms with E-state index < -0.39 is 20.0 Å². The van der Waals surface area contributed by atoms with Crippen molar-refractivity contribution in [1.29, 1.82) is 0 Å². The summed E-state index contributed by atoms with van der Waals surface area (Å²) in [5.41, 5.74) is 0.229. The number of ether oxygens (including phenoxy) is 1. The summed E-state index contributed by atoms with van der Waals surface area (Å²) in [7, 11) is -4.52. The summed E-state index contributed by atoms with van der Waals surface area (Å²) in [5.74, 6) is -0.330. The van der Waals surface area contributed by atoms with Crippen molar-refractivity contribution in [1.82, 2.24) is 9.21 Å². The Kier molecular flexibility index (Phi) is 6.27. The Morgan fingerprint density at radius 2 is 1.62 bits per heavy atom. The Hall–Kier alpha value is -1.69. The van der Waals surface area contributed by atoms with Crippen LogP contribution in [0.4, 0.5) is 5.69 Å². The molecule has 146 valence electrons. The number of sulfonamides is 2. The van der Waals surface area contributed by atoms with E-state index in [1.165, 1.54) is 38.4 Å². The Morgan fingerprint density at radius 3 is 2.08 bits per heavy atom. The lowest BCUT2D eigenvalue weighted by atomic mass is 10.3. The molecular formula is C15H23N3O6S2. The second kappa shape index (κ2) is 7.91. The van der Waals surface area contributed by atoms with Gasteiger partial charge in [-0.15, -0.1) is 0 Å². The third kappa shape index (κ3) is 4.72. The fraction of sp³-hybridized carbons (Fsp3) is 0.533. The SMILES string of the molecule is CN(C)S(=O)(=O)c1ccc(N(CC(=O)N2CCOCC2)S(C)(=O)=O)cc1. The van der Waals surface area contributed by atoms with Crippen molar-refractivity contribution < 1.29 is 26.4 Å². The van der Waals surface area contributed by atoms with Crippen LogP contribution in [0.2, 0.25) is 0 Å². The number of morpholine rings is 1. The molecule has 1 aromatic rings. The van der Waals surface area contributed by atoms with Gasteiger partial charge in [-0.2, -0.15) is 0 Å². The van der Waals surface area contributed by atoms with Gasteiger partial charge in [-0.05, 0) is 24.3 Å². The van der Waals surface area contributed by atoms with E-state index >= 15 is 0 Å². The van der Waals surface area contributed by atoms with E-state index in [4.69, 9.17) is 4.74 Å². The van der Waals surface area contributed by atoms with Crippen molar-refractivity contribution in [3.05, 3.63) is 24.3 Å². The number of nitrogens with zero attached hydrogens (tertiary/aromatic N) is 3. The van der Waals surface area contributed by atoms with E-state index in [1.54, 1.807) is 4.90 Å². The smallest absolute Gasteiger partial charge is 0.243 e. The zero-order chi connectivity index (χ0) is 19.5. The molecular weight excluding hydrogens is 382 g/mol. The van der Waals surface area contributed by atoms with Crippen LogP contribution >= 0.6 is 0 Å². The molecule has 1 amide bonds. The fourth-order valence-electron chi connectivity index (χ4n) is 2.43. The maximum absolute atomic E-state index is 12.4. The molecule has 11 heteroatoms. The molecule has 1 saturated heterocycles. The first-order chi connectivity index (χ1) is 12.0. The van der Waals surface area contributed by atoms with Gasteiger partial charge in [-0.25, -0.2) is 21.1 Å². The molecule has 1 fully saturated rings. The number of carbonyl (C=O) groups is 1. The summed E-state index contributed by atoms with van der Waals surface area (Å²) in [6, 6.07) is 5.40. The number of anilines is 1. The molecule has 9 nitrogen and oxygen atoms in total. The van der Waals surface area contributed by atoms with E-state index in [1.807, 2.05) is 0 Å². The predicted molar refractivity (Wildman–Crippen MR) is 96.9 cm³/mol. The number of hydrogen-bond donors (Lipinski definition) is 0. The van der Waals surface area contributed by atoms with Crippen LogP contribution in [-0.2, 0) is 29.6 Å². The molecule has 1 aliphatic heterocycles. The average Bonchev–Trinajstić information content (AvgIpc) is 2.59. The van der Waals surface area contributed by atoms with E-state index in [2.05, 4.69) is 0 Å². The average molecular weight is 405 g/mol. The zero-order valence-electron chi connectivity index (χ0n) is 15.0. The summed E-state index contributed by atoms with van der Waals surface area (Å²) < 4.78 is 55.7. The molecule has 0 bridgehead atoms. The summed E-state index contributed by atoms with van der Waals surface area (Å²) in [4.78, 5) is 14.0. The molecule has 1 heterocycles. The van der Waals surface area contributed by atoms with Gasteiger partial charge in [0.15, 0.2) is 0 Å². The Bertz CT molecular complexity index is 844. The molecule has 26 heavy (non-hydrogen) atoms. The number of benzene rings is 1. The van der Waals surface area contributed by atoms with Gasteiger partial charge in [0.2, 0.25) is 26.0 Å². The number of hydrogen-bond acceptors (Lipinski definition) is 6. The zero-order valence-corrected chi connectivity index (χ0v) is 16.6. The second-order valence-electron chi connectivity index (χ2n) is 6.04. The molecule has 0 aromatic heterocycles. The lowest BCUT2D eigenvalue weighted by Crippen LogP contribution is -2.47. The number of carbonyl (C=O) groups excluding carboxylic acids is 1. The molecule has 0 saturated carbocycles. The molecule has 0 spiro atoms. The van der Waals surface area contributed by atoms with E-state index in [0.29, 0.717) is 26.3 Å². The Balaban J connectivity index is 2.26.